The van der Waals surface area contributed by atoms with Crippen LogP contribution in [-0.4, -0.2) is 19.6 Å². The van der Waals surface area contributed by atoms with Crippen molar-refractivity contribution >= 4 is 5.97 Å². The van der Waals surface area contributed by atoms with E-state index in [1.807, 2.05) is 0 Å². The van der Waals surface area contributed by atoms with Crippen LogP contribution in [0.3, 0.4) is 0 Å². The summed E-state index contributed by atoms with van der Waals surface area (Å²) in [5.41, 5.74) is 5.51. The Kier molecular flexibility index (Phi) is 2.88. The molecule has 1 aliphatic rings. The van der Waals surface area contributed by atoms with Gasteiger partial charge in [-0.05, 0) is 25.3 Å². The van der Waals surface area contributed by atoms with Gasteiger partial charge in [0.2, 0.25) is 0 Å². The van der Waals surface area contributed by atoms with E-state index in [9.17, 15) is 4.79 Å². The van der Waals surface area contributed by atoms with Gasteiger partial charge >= 0.3 is 5.97 Å². The number of hydrogen-bond acceptors (Lipinski definition) is 3. The highest BCUT2D eigenvalue weighted by molar-refractivity contribution is 5.72. The molecule has 3 nitrogen and oxygen atoms in total. The van der Waals surface area contributed by atoms with Crippen molar-refractivity contribution in [2.24, 2.45) is 17.6 Å². The summed E-state index contributed by atoms with van der Waals surface area (Å²) in [6, 6.07) is 0. The minimum absolute atomic E-state index is 0.0741. The third kappa shape index (κ3) is 1.71. The lowest BCUT2D eigenvalue weighted by Crippen LogP contribution is -2.25. The molecule has 0 amide bonds. The summed E-state index contributed by atoms with van der Waals surface area (Å²) in [7, 11) is 1.44. The highest BCUT2D eigenvalue weighted by Gasteiger charge is 2.32. The van der Waals surface area contributed by atoms with E-state index >= 15 is 0 Å². The van der Waals surface area contributed by atoms with Crippen molar-refractivity contribution in [2.45, 2.75) is 19.3 Å². The summed E-state index contributed by atoms with van der Waals surface area (Å²) >= 11 is 0. The maximum atomic E-state index is 11.1. The van der Waals surface area contributed by atoms with Crippen molar-refractivity contribution in [1.29, 1.82) is 0 Å². The van der Waals surface area contributed by atoms with Crippen LogP contribution in [0.2, 0.25) is 0 Å². The van der Waals surface area contributed by atoms with Crippen LogP contribution in [-0.2, 0) is 9.53 Å². The molecule has 0 bridgehead atoms. The number of esters is 1. The fourth-order valence-corrected chi connectivity index (χ4v) is 1.78. The standard InChI is InChI=1S/C8H15NO2/c1-11-8(10)7-4-2-3-6(7)5-9/h6-7H,2-5,9H2,1H3/t6-,7-/m1/s1. The molecule has 0 unspecified atom stereocenters. The molecule has 1 fully saturated rings. The first-order chi connectivity index (χ1) is 5.29. The van der Waals surface area contributed by atoms with Crippen LogP contribution in [0, 0.1) is 11.8 Å². The second-order valence-electron chi connectivity index (χ2n) is 3.06. The van der Waals surface area contributed by atoms with Crippen molar-refractivity contribution in [3.05, 3.63) is 0 Å². The van der Waals surface area contributed by atoms with Gasteiger partial charge in [-0.3, -0.25) is 4.79 Å². The second kappa shape index (κ2) is 3.72. The molecular formula is C8H15NO2. The van der Waals surface area contributed by atoms with Gasteiger partial charge in [0.05, 0.1) is 13.0 Å². The first-order valence-electron chi connectivity index (χ1n) is 4.07. The van der Waals surface area contributed by atoms with Crippen LogP contribution in [0.5, 0.6) is 0 Å². The van der Waals surface area contributed by atoms with Crippen LogP contribution < -0.4 is 5.73 Å². The normalized spacial score (nSPS) is 30.4. The van der Waals surface area contributed by atoms with E-state index in [0.29, 0.717) is 12.5 Å². The third-order valence-electron chi connectivity index (χ3n) is 2.47. The summed E-state index contributed by atoms with van der Waals surface area (Å²) in [6.45, 7) is 0.611. The Hall–Kier alpha value is -0.570. The second-order valence-corrected chi connectivity index (χ2v) is 3.06. The van der Waals surface area contributed by atoms with Crippen molar-refractivity contribution in [3.63, 3.8) is 0 Å². The highest BCUT2D eigenvalue weighted by atomic mass is 16.5. The summed E-state index contributed by atoms with van der Waals surface area (Å²) in [4.78, 5) is 11.1. The molecule has 1 rings (SSSR count). The predicted octanol–water partition coefficient (Wildman–Crippen LogP) is 0.534. The summed E-state index contributed by atoms with van der Waals surface area (Å²) in [5, 5.41) is 0. The molecule has 3 heteroatoms. The van der Waals surface area contributed by atoms with Gasteiger partial charge in [0.15, 0.2) is 0 Å². The largest absolute Gasteiger partial charge is 0.469 e. The zero-order valence-corrected chi connectivity index (χ0v) is 6.88. The predicted molar refractivity (Wildman–Crippen MR) is 41.9 cm³/mol. The SMILES string of the molecule is COC(=O)[C@@H]1CCC[C@@H]1CN. The van der Waals surface area contributed by atoms with Crippen LogP contribution in [0.1, 0.15) is 19.3 Å². The van der Waals surface area contributed by atoms with Gasteiger partial charge in [0, 0.05) is 0 Å². The molecular weight excluding hydrogens is 142 g/mol. The van der Waals surface area contributed by atoms with Crippen molar-refractivity contribution in [3.8, 4) is 0 Å². The number of hydrogen-bond donors (Lipinski definition) is 1. The smallest absolute Gasteiger partial charge is 0.308 e. The number of ether oxygens (including phenoxy) is 1. The lowest BCUT2D eigenvalue weighted by molar-refractivity contribution is -0.146. The van der Waals surface area contributed by atoms with Gasteiger partial charge in [-0.2, -0.15) is 0 Å². The molecule has 1 saturated carbocycles. The zero-order valence-electron chi connectivity index (χ0n) is 6.88. The number of carbonyl (C=O) groups excluding carboxylic acids is 1. The summed E-state index contributed by atoms with van der Waals surface area (Å²) < 4.78 is 4.67. The van der Waals surface area contributed by atoms with E-state index in [4.69, 9.17) is 5.73 Å². The Morgan fingerprint density at radius 2 is 2.36 bits per heavy atom. The molecule has 0 aromatic carbocycles. The fraction of sp³-hybridized carbons (Fsp3) is 0.875. The minimum atomic E-state index is -0.0852. The van der Waals surface area contributed by atoms with Crippen molar-refractivity contribution < 1.29 is 9.53 Å². The van der Waals surface area contributed by atoms with E-state index in [1.54, 1.807) is 0 Å². The lowest BCUT2D eigenvalue weighted by atomic mass is 9.97. The van der Waals surface area contributed by atoms with E-state index in [-0.39, 0.29) is 11.9 Å². The minimum Gasteiger partial charge on any atom is -0.469 e. The van der Waals surface area contributed by atoms with Gasteiger partial charge in [0.25, 0.3) is 0 Å². The monoisotopic (exact) mass is 157 g/mol. The summed E-state index contributed by atoms with van der Waals surface area (Å²) in [5.74, 6) is 0.352. The number of methoxy groups -OCH3 is 1. The first kappa shape index (κ1) is 8.53. The third-order valence-corrected chi connectivity index (χ3v) is 2.47. The summed E-state index contributed by atoms with van der Waals surface area (Å²) in [6.07, 6.45) is 3.15. The molecule has 11 heavy (non-hydrogen) atoms. The molecule has 0 aromatic heterocycles. The fourth-order valence-electron chi connectivity index (χ4n) is 1.78. The Bertz CT molecular complexity index is 147. The number of rotatable bonds is 2. The number of carbonyl (C=O) groups is 1. The van der Waals surface area contributed by atoms with Crippen molar-refractivity contribution in [1.82, 2.24) is 0 Å². The molecule has 0 radical (unpaired) electrons. The zero-order chi connectivity index (χ0) is 8.27. The molecule has 0 saturated heterocycles. The van der Waals surface area contributed by atoms with Gasteiger partial charge in [0.1, 0.15) is 0 Å². The average molecular weight is 157 g/mol. The first-order valence-corrected chi connectivity index (χ1v) is 4.07. The molecule has 0 spiro atoms. The van der Waals surface area contributed by atoms with E-state index in [2.05, 4.69) is 4.74 Å². The molecule has 0 heterocycles. The number of nitrogens with two attached hydrogens (primary N) is 1. The van der Waals surface area contributed by atoms with Gasteiger partial charge in [-0.25, -0.2) is 0 Å². The molecule has 2 atom stereocenters. The van der Waals surface area contributed by atoms with Crippen molar-refractivity contribution in [2.75, 3.05) is 13.7 Å². The highest BCUT2D eigenvalue weighted by Crippen LogP contribution is 2.31. The van der Waals surface area contributed by atoms with E-state index in [1.165, 1.54) is 7.11 Å². The molecule has 1 aliphatic carbocycles. The molecule has 2 N–H and O–H groups in total. The Labute approximate surface area is 66.9 Å². The molecule has 64 valence electrons. The Morgan fingerprint density at radius 3 is 2.91 bits per heavy atom. The van der Waals surface area contributed by atoms with E-state index in [0.717, 1.165) is 19.3 Å². The maximum Gasteiger partial charge on any atom is 0.308 e. The molecule has 0 aromatic rings. The Balaban J connectivity index is 2.49. The molecule has 0 aliphatic heterocycles. The van der Waals surface area contributed by atoms with Gasteiger partial charge in [-0.1, -0.05) is 6.42 Å². The topological polar surface area (TPSA) is 52.3 Å². The van der Waals surface area contributed by atoms with Crippen LogP contribution in [0.25, 0.3) is 0 Å². The quantitative estimate of drug-likeness (QED) is 0.595. The van der Waals surface area contributed by atoms with Crippen LogP contribution >= 0.6 is 0 Å². The average Bonchev–Trinajstić information content (AvgIpc) is 2.50. The van der Waals surface area contributed by atoms with E-state index < -0.39 is 0 Å². The van der Waals surface area contributed by atoms with Gasteiger partial charge < -0.3 is 10.5 Å². The van der Waals surface area contributed by atoms with Gasteiger partial charge in [-0.15, -0.1) is 0 Å². The lowest BCUT2D eigenvalue weighted by Gasteiger charge is -2.14. The Morgan fingerprint density at radius 1 is 1.64 bits per heavy atom. The maximum absolute atomic E-state index is 11.1. The van der Waals surface area contributed by atoms with Crippen LogP contribution in [0.4, 0.5) is 0 Å². The van der Waals surface area contributed by atoms with Crippen LogP contribution in [0.15, 0.2) is 0 Å².